The van der Waals surface area contributed by atoms with E-state index < -0.39 is 0 Å². The van der Waals surface area contributed by atoms with Crippen LogP contribution < -0.4 is 0 Å². The van der Waals surface area contributed by atoms with Crippen molar-refractivity contribution in [3.8, 4) is 0 Å². The van der Waals surface area contributed by atoms with E-state index in [9.17, 15) is 0 Å². The highest BCUT2D eigenvalue weighted by molar-refractivity contribution is 5.80. The molecule has 7 heteroatoms. The fourth-order valence-electron chi connectivity index (χ4n) is 2.54. The van der Waals surface area contributed by atoms with Gasteiger partial charge in [0, 0.05) is 29.2 Å². The molecule has 0 spiro atoms. The zero-order valence-corrected chi connectivity index (χ0v) is 14.3. The molecule has 0 saturated heterocycles. The molecule has 0 radical (unpaired) electrons. The number of nitrogens with one attached hydrogen (secondary N) is 2. The molecule has 0 atom stereocenters. The molecule has 0 aliphatic heterocycles. The van der Waals surface area contributed by atoms with E-state index in [0.29, 0.717) is 11.8 Å². The molecule has 0 aliphatic rings. The lowest BCUT2D eigenvalue weighted by Gasteiger charge is -1.99. The molecular formula is C17H21N7. The van der Waals surface area contributed by atoms with Crippen LogP contribution in [0.4, 0.5) is 0 Å². The number of pyridine rings is 1. The van der Waals surface area contributed by atoms with E-state index in [1.807, 2.05) is 6.07 Å². The van der Waals surface area contributed by atoms with Crippen molar-refractivity contribution in [1.29, 1.82) is 0 Å². The summed E-state index contributed by atoms with van der Waals surface area (Å²) < 4.78 is 0. The molecule has 0 unspecified atom stereocenters. The molecule has 0 saturated carbocycles. The highest BCUT2D eigenvalue weighted by atomic mass is 15.2. The standard InChI is InChI=1S/C9H11N3.C8H10N4/c1-6(2)9-7-3-4-10-5-8(7)11-12-9;1-5(2)7-6-3-9-4-10-8(6)12-11-7/h3-6H,1-2H3,(H,11,12);3-5H,1-2H3,(H,9,10,11,12). The molecule has 2 N–H and O–H groups in total. The van der Waals surface area contributed by atoms with Gasteiger partial charge in [0.2, 0.25) is 0 Å². The Hall–Kier alpha value is -2.83. The van der Waals surface area contributed by atoms with E-state index in [4.69, 9.17) is 0 Å². The van der Waals surface area contributed by atoms with Crippen molar-refractivity contribution >= 4 is 21.9 Å². The Labute approximate surface area is 140 Å². The Morgan fingerprint density at radius 2 is 1.54 bits per heavy atom. The zero-order valence-electron chi connectivity index (χ0n) is 14.3. The van der Waals surface area contributed by atoms with Gasteiger partial charge in [-0.15, -0.1) is 0 Å². The minimum Gasteiger partial charge on any atom is -0.281 e. The van der Waals surface area contributed by atoms with Crippen LogP contribution in [0.5, 0.6) is 0 Å². The lowest BCUT2D eigenvalue weighted by Crippen LogP contribution is -1.87. The summed E-state index contributed by atoms with van der Waals surface area (Å²) in [6, 6.07) is 1.99. The topological polar surface area (TPSA) is 96.0 Å². The first kappa shape index (κ1) is 16.0. The molecule has 0 fully saturated rings. The number of H-pyrrole nitrogens is 2. The number of rotatable bonds is 2. The largest absolute Gasteiger partial charge is 0.281 e. The number of hydrogen-bond donors (Lipinski definition) is 2. The Kier molecular flexibility index (Phi) is 4.50. The molecule has 24 heavy (non-hydrogen) atoms. The molecule has 4 aromatic rings. The molecule has 0 amide bonds. The molecular weight excluding hydrogens is 302 g/mol. The van der Waals surface area contributed by atoms with Gasteiger partial charge in [0.15, 0.2) is 5.65 Å². The minimum absolute atomic E-state index is 0.431. The summed E-state index contributed by atoms with van der Waals surface area (Å²) in [7, 11) is 0. The van der Waals surface area contributed by atoms with Crippen LogP contribution in [0.1, 0.15) is 50.9 Å². The maximum Gasteiger partial charge on any atom is 0.184 e. The first-order valence-corrected chi connectivity index (χ1v) is 8.00. The van der Waals surface area contributed by atoms with Gasteiger partial charge in [0.1, 0.15) is 11.8 Å². The van der Waals surface area contributed by atoms with Gasteiger partial charge < -0.3 is 0 Å². The Morgan fingerprint density at radius 1 is 0.833 bits per heavy atom. The summed E-state index contributed by atoms with van der Waals surface area (Å²) in [6.07, 6.45) is 6.87. The first-order valence-electron chi connectivity index (χ1n) is 8.00. The van der Waals surface area contributed by atoms with Gasteiger partial charge in [0.25, 0.3) is 0 Å². The van der Waals surface area contributed by atoms with Gasteiger partial charge in [-0.25, -0.2) is 9.97 Å². The van der Waals surface area contributed by atoms with Crippen molar-refractivity contribution in [1.82, 2.24) is 35.3 Å². The van der Waals surface area contributed by atoms with Crippen molar-refractivity contribution in [2.24, 2.45) is 0 Å². The summed E-state index contributed by atoms with van der Waals surface area (Å²) in [5.41, 5.74) is 3.98. The van der Waals surface area contributed by atoms with Crippen LogP contribution in [0.3, 0.4) is 0 Å². The van der Waals surface area contributed by atoms with Gasteiger partial charge in [-0.05, 0) is 17.9 Å². The zero-order chi connectivity index (χ0) is 17.1. The lowest BCUT2D eigenvalue weighted by molar-refractivity contribution is 0.817. The maximum atomic E-state index is 4.15. The van der Waals surface area contributed by atoms with E-state index in [0.717, 1.165) is 22.2 Å². The summed E-state index contributed by atoms with van der Waals surface area (Å²) in [5, 5.41) is 16.4. The van der Waals surface area contributed by atoms with Crippen LogP contribution in [0.15, 0.2) is 31.0 Å². The van der Waals surface area contributed by atoms with Crippen LogP contribution in [0.25, 0.3) is 21.9 Å². The molecule has 4 heterocycles. The Bertz CT molecular complexity index is 858. The van der Waals surface area contributed by atoms with Gasteiger partial charge in [-0.2, -0.15) is 10.2 Å². The average molecular weight is 323 g/mol. The lowest BCUT2D eigenvalue weighted by atomic mass is 10.1. The molecule has 0 aromatic carbocycles. The smallest absolute Gasteiger partial charge is 0.184 e. The summed E-state index contributed by atoms with van der Waals surface area (Å²) in [4.78, 5) is 12.0. The number of fused-ring (bicyclic) bond motifs is 2. The van der Waals surface area contributed by atoms with Crippen molar-refractivity contribution in [3.05, 3.63) is 42.4 Å². The van der Waals surface area contributed by atoms with Crippen LogP contribution >= 0.6 is 0 Å². The third-order valence-corrected chi connectivity index (χ3v) is 3.81. The SMILES string of the molecule is CC(C)c1[nH]nc2cnccc12.CC(C)c1[nH]nc2ncncc12. The van der Waals surface area contributed by atoms with Gasteiger partial charge in [0.05, 0.1) is 11.6 Å². The first-order chi connectivity index (χ1) is 11.6. The maximum absolute atomic E-state index is 4.15. The number of aromatic nitrogens is 7. The fourth-order valence-corrected chi connectivity index (χ4v) is 2.54. The third kappa shape index (κ3) is 3.10. The molecule has 0 aliphatic carbocycles. The highest BCUT2D eigenvalue weighted by Crippen LogP contribution is 2.21. The van der Waals surface area contributed by atoms with E-state index in [2.05, 4.69) is 63.0 Å². The second kappa shape index (κ2) is 6.74. The van der Waals surface area contributed by atoms with Gasteiger partial charge >= 0.3 is 0 Å². The van der Waals surface area contributed by atoms with Crippen LogP contribution in [-0.2, 0) is 0 Å². The third-order valence-electron chi connectivity index (χ3n) is 3.81. The van der Waals surface area contributed by atoms with Crippen LogP contribution in [0, 0.1) is 0 Å². The summed E-state index contributed by atoms with van der Waals surface area (Å²) in [5.74, 6) is 0.915. The Balaban J connectivity index is 0.000000141. The minimum atomic E-state index is 0.431. The summed E-state index contributed by atoms with van der Waals surface area (Å²) in [6.45, 7) is 8.51. The molecule has 0 bridgehead atoms. The normalized spacial score (nSPS) is 11.2. The summed E-state index contributed by atoms with van der Waals surface area (Å²) >= 11 is 0. The second-order valence-electron chi connectivity index (χ2n) is 6.24. The molecule has 4 aromatic heterocycles. The van der Waals surface area contributed by atoms with Crippen molar-refractivity contribution < 1.29 is 0 Å². The van der Waals surface area contributed by atoms with E-state index in [1.165, 1.54) is 17.4 Å². The van der Waals surface area contributed by atoms with Gasteiger partial charge in [-0.1, -0.05) is 27.7 Å². The van der Waals surface area contributed by atoms with Crippen LogP contribution in [0.2, 0.25) is 0 Å². The molecule has 7 nitrogen and oxygen atoms in total. The number of aromatic amines is 2. The van der Waals surface area contributed by atoms with E-state index in [-0.39, 0.29) is 0 Å². The highest BCUT2D eigenvalue weighted by Gasteiger charge is 2.08. The molecule has 124 valence electrons. The van der Waals surface area contributed by atoms with Crippen molar-refractivity contribution in [2.45, 2.75) is 39.5 Å². The van der Waals surface area contributed by atoms with E-state index in [1.54, 1.807) is 18.6 Å². The van der Waals surface area contributed by atoms with Crippen molar-refractivity contribution in [3.63, 3.8) is 0 Å². The molecule has 4 rings (SSSR count). The fraction of sp³-hybridized carbons (Fsp3) is 0.353. The monoisotopic (exact) mass is 323 g/mol. The number of nitrogens with zero attached hydrogens (tertiary/aromatic N) is 5. The predicted octanol–water partition coefficient (Wildman–Crippen LogP) is 3.56. The predicted molar refractivity (Wildman–Crippen MR) is 93.8 cm³/mol. The number of hydrogen-bond acceptors (Lipinski definition) is 5. The Morgan fingerprint density at radius 3 is 2.29 bits per heavy atom. The quantitative estimate of drug-likeness (QED) is 0.588. The van der Waals surface area contributed by atoms with E-state index >= 15 is 0 Å². The van der Waals surface area contributed by atoms with Gasteiger partial charge in [-0.3, -0.25) is 15.2 Å². The second-order valence-corrected chi connectivity index (χ2v) is 6.24. The van der Waals surface area contributed by atoms with Crippen molar-refractivity contribution in [2.75, 3.05) is 0 Å². The average Bonchev–Trinajstić information content (AvgIpc) is 3.19. The van der Waals surface area contributed by atoms with Crippen LogP contribution in [-0.4, -0.2) is 35.3 Å².